The Bertz CT molecular complexity index is 1140. The summed E-state index contributed by atoms with van der Waals surface area (Å²) in [5, 5.41) is 16.2. The van der Waals surface area contributed by atoms with E-state index in [1.54, 1.807) is 0 Å². The quantitative estimate of drug-likeness (QED) is 0.0985. The highest BCUT2D eigenvalue weighted by Crippen LogP contribution is 2.32. The normalized spacial score (nSPS) is 15.0. The molecule has 40 heavy (non-hydrogen) atoms. The molecule has 0 aromatic carbocycles. The topological polar surface area (TPSA) is 145 Å². The van der Waals surface area contributed by atoms with Crippen LogP contribution < -0.4 is 10.5 Å². The monoisotopic (exact) mass is 588 g/mol. The highest BCUT2D eigenvalue weighted by molar-refractivity contribution is 7.99. The molecule has 1 aliphatic heterocycles. The number of carboxylic acids is 1. The molecule has 1 aliphatic rings. The van der Waals surface area contributed by atoms with Gasteiger partial charge in [-0.3, -0.25) is 10.1 Å². The highest BCUT2D eigenvalue weighted by atomic mass is 32.2. The van der Waals surface area contributed by atoms with Gasteiger partial charge in [-0.05, 0) is 32.0 Å². The zero-order valence-electron chi connectivity index (χ0n) is 22.6. The average Bonchev–Trinajstić information content (AvgIpc) is 3.12. The second-order valence-corrected chi connectivity index (χ2v) is 10.9. The fourth-order valence-electron chi connectivity index (χ4n) is 3.57. The first-order valence-corrected chi connectivity index (χ1v) is 13.6. The smallest absolute Gasteiger partial charge is 0.433 e. The summed E-state index contributed by atoms with van der Waals surface area (Å²) in [6.45, 7) is 9.12. The summed E-state index contributed by atoms with van der Waals surface area (Å²) in [4.78, 5) is 43.8. The summed E-state index contributed by atoms with van der Waals surface area (Å²) < 4.78 is 40.3. The Balaban J connectivity index is 0.000000611. The van der Waals surface area contributed by atoms with E-state index in [1.165, 1.54) is 30.1 Å². The van der Waals surface area contributed by atoms with Crippen LogP contribution in [0.2, 0.25) is 0 Å². The summed E-state index contributed by atoms with van der Waals surface area (Å²) in [5.41, 5.74) is -1.63. The van der Waals surface area contributed by atoms with Crippen LogP contribution in [-0.4, -0.2) is 86.3 Å². The molecule has 2 aromatic rings. The van der Waals surface area contributed by atoms with Crippen molar-refractivity contribution in [2.75, 3.05) is 50.0 Å². The Kier molecular flexibility index (Phi) is 13.0. The van der Waals surface area contributed by atoms with Gasteiger partial charge in [0, 0.05) is 55.2 Å². The summed E-state index contributed by atoms with van der Waals surface area (Å²) in [6.07, 6.45) is 0.816. The molecule has 1 saturated heterocycles. The number of anilines is 1. The number of rotatable bonds is 9. The van der Waals surface area contributed by atoms with E-state index < -0.39 is 23.3 Å². The predicted molar refractivity (Wildman–Crippen MR) is 145 cm³/mol. The molecule has 15 heteroatoms. The van der Waals surface area contributed by atoms with Crippen molar-refractivity contribution < 1.29 is 33.2 Å². The van der Waals surface area contributed by atoms with Crippen LogP contribution in [0.4, 0.5) is 19.0 Å². The lowest BCUT2D eigenvalue weighted by Gasteiger charge is -2.26. The molecule has 0 atom stereocenters. The van der Waals surface area contributed by atoms with Crippen LogP contribution in [0.25, 0.3) is 0 Å². The van der Waals surface area contributed by atoms with Gasteiger partial charge in [0.1, 0.15) is 23.9 Å². The van der Waals surface area contributed by atoms with Gasteiger partial charge in [0.25, 0.3) is 5.56 Å². The molecule has 0 bridgehead atoms. The Morgan fingerprint density at radius 2 is 1.95 bits per heavy atom. The maximum absolute atomic E-state index is 13.4. The SMILES string of the molecule is CC(C)(C)c1nc(N2CCCN(CCCSc3nccc(=O)[nH]3)CC2)cc(C(F)(F)F)n1.O=C(O)/C=C/COO. The third kappa shape index (κ3) is 12.0. The molecule has 0 unspecified atom stereocenters. The lowest BCUT2D eigenvalue weighted by atomic mass is 9.95. The number of thioether (sulfide) groups is 1. The number of hydrogen-bond donors (Lipinski definition) is 3. The number of nitrogens with one attached hydrogen (secondary N) is 1. The minimum atomic E-state index is -4.51. The number of halogens is 3. The highest BCUT2D eigenvalue weighted by Gasteiger charge is 2.35. The third-order valence-electron chi connectivity index (χ3n) is 5.52. The van der Waals surface area contributed by atoms with Gasteiger partial charge in [-0.15, -0.1) is 0 Å². The molecule has 3 heterocycles. The van der Waals surface area contributed by atoms with Crippen molar-refractivity contribution in [1.29, 1.82) is 0 Å². The molecule has 1 fully saturated rings. The molecule has 3 rings (SSSR count). The van der Waals surface area contributed by atoms with Gasteiger partial charge in [0.15, 0.2) is 5.16 Å². The summed E-state index contributed by atoms with van der Waals surface area (Å²) in [5.74, 6) is 0.312. The number of H-pyrrole nitrogens is 1. The van der Waals surface area contributed by atoms with E-state index >= 15 is 0 Å². The third-order valence-corrected chi connectivity index (χ3v) is 6.50. The average molecular weight is 589 g/mol. The second kappa shape index (κ2) is 15.7. The maximum Gasteiger partial charge on any atom is 0.433 e. The molecule has 2 aromatic heterocycles. The van der Waals surface area contributed by atoms with Crippen molar-refractivity contribution in [3.8, 4) is 0 Å². The summed E-state index contributed by atoms with van der Waals surface area (Å²) >= 11 is 1.51. The van der Waals surface area contributed by atoms with Crippen LogP contribution in [-0.2, 0) is 21.3 Å². The van der Waals surface area contributed by atoms with Gasteiger partial charge in [0.2, 0.25) is 0 Å². The molecule has 0 radical (unpaired) electrons. The zero-order valence-corrected chi connectivity index (χ0v) is 23.5. The van der Waals surface area contributed by atoms with Crippen molar-refractivity contribution >= 4 is 23.5 Å². The molecule has 0 amide bonds. The number of carbonyl (C=O) groups is 1. The Morgan fingerprint density at radius 3 is 2.58 bits per heavy atom. The number of aliphatic carboxylic acids is 1. The number of alkyl halides is 3. The van der Waals surface area contributed by atoms with E-state index in [0.29, 0.717) is 24.1 Å². The van der Waals surface area contributed by atoms with E-state index in [0.717, 1.165) is 50.4 Å². The Hall–Kier alpha value is -3.01. The van der Waals surface area contributed by atoms with Crippen molar-refractivity contribution in [2.24, 2.45) is 0 Å². The molecule has 222 valence electrons. The Morgan fingerprint density at radius 1 is 1.20 bits per heavy atom. The lowest BCUT2D eigenvalue weighted by molar-refractivity contribution is -0.231. The fraction of sp³-hybridized carbons (Fsp3) is 0.560. The van der Waals surface area contributed by atoms with E-state index in [1.807, 2.05) is 25.7 Å². The van der Waals surface area contributed by atoms with Crippen LogP contribution in [0, 0.1) is 0 Å². The van der Waals surface area contributed by atoms with Gasteiger partial charge >= 0.3 is 12.1 Å². The Labute approximate surface area is 234 Å². The predicted octanol–water partition coefficient (Wildman–Crippen LogP) is 3.69. The van der Waals surface area contributed by atoms with Crippen molar-refractivity contribution in [3.63, 3.8) is 0 Å². The van der Waals surface area contributed by atoms with Crippen LogP contribution in [0.15, 0.2) is 40.4 Å². The number of aromatic amines is 1. The second-order valence-electron chi connectivity index (χ2n) is 9.84. The lowest BCUT2D eigenvalue weighted by Crippen LogP contribution is -2.33. The van der Waals surface area contributed by atoms with Gasteiger partial charge in [-0.1, -0.05) is 32.5 Å². The zero-order chi connectivity index (χ0) is 29.8. The van der Waals surface area contributed by atoms with Crippen molar-refractivity contribution in [3.05, 3.63) is 52.4 Å². The molecule has 0 spiro atoms. The molecule has 0 saturated carbocycles. The fourth-order valence-corrected chi connectivity index (χ4v) is 4.35. The molecular formula is C25H35F3N6O5S. The van der Waals surface area contributed by atoms with E-state index in [9.17, 15) is 22.8 Å². The summed E-state index contributed by atoms with van der Waals surface area (Å²) in [6, 6.07) is 2.45. The number of aromatic nitrogens is 4. The van der Waals surface area contributed by atoms with Crippen LogP contribution in [0.1, 0.15) is 45.1 Å². The number of nitrogens with zero attached hydrogens (tertiary/aromatic N) is 5. The molecule has 11 nitrogen and oxygen atoms in total. The van der Waals surface area contributed by atoms with Crippen molar-refractivity contribution in [1.82, 2.24) is 24.8 Å². The van der Waals surface area contributed by atoms with E-state index in [-0.39, 0.29) is 18.0 Å². The van der Waals surface area contributed by atoms with Gasteiger partial charge < -0.3 is 19.9 Å². The minimum absolute atomic E-state index is 0.0910. The van der Waals surface area contributed by atoms with E-state index in [4.69, 9.17) is 10.4 Å². The van der Waals surface area contributed by atoms with Gasteiger partial charge in [0.05, 0.1) is 0 Å². The summed E-state index contributed by atoms with van der Waals surface area (Å²) in [7, 11) is 0. The molecular weight excluding hydrogens is 553 g/mol. The van der Waals surface area contributed by atoms with E-state index in [2.05, 4.69) is 29.7 Å². The van der Waals surface area contributed by atoms with Gasteiger partial charge in [-0.25, -0.2) is 24.6 Å². The van der Waals surface area contributed by atoms with Gasteiger partial charge in [-0.2, -0.15) is 13.2 Å². The standard InChI is InChI=1S/C21H29F3N6OS.C4H6O4/c1-20(2,3)18-26-15(21(22,23)24)14-16(27-18)30-10-4-8-29(11-12-30)9-5-13-32-19-25-7-6-17(31)28-19;5-4(6)2-1-3-8-7/h6-7,14H,4-5,8-13H2,1-3H3,(H,25,28,31);1-2,7H,3H2,(H,5,6)/b;2-1+. The van der Waals surface area contributed by atoms with Crippen LogP contribution in [0.5, 0.6) is 0 Å². The molecule has 3 N–H and O–H groups in total. The first kappa shape index (κ1) is 33.2. The van der Waals surface area contributed by atoms with Crippen molar-refractivity contribution in [2.45, 2.75) is 50.4 Å². The largest absolute Gasteiger partial charge is 0.478 e. The first-order valence-electron chi connectivity index (χ1n) is 12.6. The molecule has 0 aliphatic carbocycles. The maximum atomic E-state index is 13.4. The number of carboxylic acid groups (broad SMARTS) is 1. The van der Waals surface area contributed by atoms with Crippen LogP contribution in [0.3, 0.4) is 0 Å². The first-order chi connectivity index (χ1) is 18.8. The number of hydrogen-bond acceptors (Lipinski definition) is 10. The minimum Gasteiger partial charge on any atom is -0.478 e. The van der Waals surface area contributed by atoms with Crippen LogP contribution >= 0.6 is 11.8 Å².